The van der Waals surface area contributed by atoms with Gasteiger partial charge in [0.05, 0.1) is 12.4 Å². The monoisotopic (exact) mass is 228 g/mol. The summed E-state index contributed by atoms with van der Waals surface area (Å²) in [5, 5.41) is 0. The highest BCUT2D eigenvalue weighted by Crippen LogP contribution is 2.24. The highest BCUT2D eigenvalue weighted by molar-refractivity contribution is 6.69. The standard InChI is InChI=1S/C12H24O2Si/c1-11-7-5-6-8-12(11)13-9-10-14-15(2,3)4/h5-10H2,1-4H3. The topological polar surface area (TPSA) is 18.5 Å². The minimum Gasteiger partial charge on any atom is -0.496 e. The van der Waals surface area contributed by atoms with Gasteiger partial charge in [-0.3, -0.25) is 0 Å². The summed E-state index contributed by atoms with van der Waals surface area (Å²) >= 11 is 0. The van der Waals surface area contributed by atoms with Crippen molar-refractivity contribution < 1.29 is 9.16 Å². The van der Waals surface area contributed by atoms with Crippen molar-refractivity contribution in [3.8, 4) is 0 Å². The van der Waals surface area contributed by atoms with Gasteiger partial charge < -0.3 is 9.16 Å². The lowest BCUT2D eigenvalue weighted by Gasteiger charge is -2.21. The summed E-state index contributed by atoms with van der Waals surface area (Å²) in [6.45, 7) is 10.3. The van der Waals surface area contributed by atoms with Gasteiger partial charge in [0.25, 0.3) is 0 Å². The molecule has 0 N–H and O–H groups in total. The van der Waals surface area contributed by atoms with Crippen LogP contribution in [0.25, 0.3) is 0 Å². The fourth-order valence-electron chi connectivity index (χ4n) is 1.74. The summed E-state index contributed by atoms with van der Waals surface area (Å²) in [5.41, 5.74) is 1.44. The van der Waals surface area contributed by atoms with Crippen LogP contribution in [-0.2, 0) is 9.16 Å². The zero-order valence-electron chi connectivity index (χ0n) is 10.6. The number of hydrogen-bond donors (Lipinski definition) is 0. The third-order valence-electron chi connectivity index (χ3n) is 2.58. The molecule has 1 aliphatic rings. The molecule has 0 saturated heterocycles. The molecule has 0 bridgehead atoms. The Morgan fingerprint density at radius 3 is 2.33 bits per heavy atom. The van der Waals surface area contributed by atoms with Crippen molar-refractivity contribution in [2.75, 3.05) is 13.2 Å². The van der Waals surface area contributed by atoms with Crippen LogP contribution in [0.5, 0.6) is 0 Å². The molecule has 0 fully saturated rings. The van der Waals surface area contributed by atoms with E-state index in [-0.39, 0.29) is 0 Å². The molecular formula is C12H24O2Si. The first-order chi connectivity index (χ1) is 6.99. The molecule has 2 nitrogen and oxygen atoms in total. The molecule has 0 amide bonds. The van der Waals surface area contributed by atoms with Crippen LogP contribution >= 0.6 is 0 Å². The van der Waals surface area contributed by atoms with E-state index in [4.69, 9.17) is 9.16 Å². The van der Waals surface area contributed by atoms with E-state index >= 15 is 0 Å². The molecule has 88 valence electrons. The molecule has 0 heterocycles. The van der Waals surface area contributed by atoms with E-state index in [0.717, 1.165) is 19.6 Å². The molecule has 1 aliphatic carbocycles. The summed E-state index contributed by atoms with van der Waals surface area (Å²) < 4.78 is 11.5. The maximum atomic E-state index is 5.77. The summed E-state index contributed by atoms with van der Waals surface area (Å²) in [6.07, 6.45) is 4.94. The molecule has 0 spiro atoms. The van der Waals surface area contributed by atoms with Crippen molar-refractivity contribution in [3.05, 3.63) is 11.3 Å². The molecule has 0 atom stereocenters. The molecule has 0 radical (unpaired) electrons. The lowest BCUT2D eigenvalue weighted by Crippen LogP contribution is -2.27. The molecule has 15 heavy (non-hydrogen) atoms. The number of rotatable bonds is 5. The van der Waals surface area contributed by atoms with Gasteiger partial charge in [-0.25, -0.2) is 0 Å². The molecule has 1 rings (SSSR count). The molecule has 0 unspecified atom stereocenters. The normalized spacial score (nSPS) is 18.1. The van der Waals surface area contributed by atoms with Crippen molar-refractivity contribution >= 4 is 8.32 Å². The molecule has 0 aromatic carbocycles. The van der Waals surface area contributed by atoms with Crippen molar-refractivity contribution in [2.45, 2.75) is 52.2 Å². The Kier molecular flexibility index (Phi) is 4.86. The fourth-order valence-corrected chi connectivity index (χ4v) is 2.43. The molecule has 3 heteroatoms. The van der Waals surface area contributed by atoms with E-state index in [1.165, 1.54) is 30.6 Å². The fraction of sp³-hybridized carbons (Fsp3) is 0.833. The summed E-state index contributed by atoms with van der Waals surface area (Å²) in [5.74, 6) is 1.22. The Hall–Kier alpha value is -0.283. The number of ether oxygens (including phenoxy) is 1. The van der Waals surface area contributed by atoms with Crippen LogP contribution in [0.2, 0.25) is 19.6 Å². The Morgan fingerprint density at radius 2 is 1.73 bits per heavy atom. The predicted molar refractivity (Wildman–Crippen MR) is 66.4 cm³/mol. The molecule has 0 aliphatic heterocycles. The van der Waals surface area contributed by atoms with E-state index < -0.39 is 8.32 Å². The average Bonchev–Trinajstić information content (AvgIpc) is 2.13. The third-order valence-corrected chi connectivity index (χ3v) is 3.65. The first-order valence-corrected chi connectivity index (χ1v) is 9.35. The van der Waals surface area contributed by atoms with E-state index in [1.807, 2.05) is 0 Å². The largest absolute Gasteiger partial charge is 0.496 e. The second-order valence-corrected chi connectivity index (χ2v) is 9.73. The van der Waals surface area contributed by atoms with Crippen LogP contribution in [0.1, 0.15) is 32.6 Å². The Balaban J connectivity index is 2.20. The van der Waals surface area contributed by atoms with Gasteiger partial charge in [0.1, 0.15) is 6.61 Å². The molecule has 0 aromatic heterocycles. The Bertz CT molecular complexity index is 228. The van der Waals surface area contributed by atoms with Gasteiger partial charge in [0.15, 0.2) is 8.32 Å². The first-order valence-electron chi connectivity index (χ1n) is 5.94. The summed E-state index contributed by atoms with van der Waals surface area (Å²) in [6, 6.07) is 0. The summed E-state index contributed by atoms with van der Waals surface area (Å²) in [7, 11) is -1.36. The highest BCUT2D eigenvalue weighted by Gasteiger charge is 2.14. The van der Waals surface area contributed by atoms with Crippen molar-refractivity contribution in [1.82, 2.24) is 0 Å². The minimum absolute atomic E-state index is 0.719. The first kappa shape index (κ1) is 12.8. The molecule has 0 aromatic rings. The zero-order valence-corrected chi connectivity index (χ0v) is 11.6. The quantitative estimate of drug-likeness (QED) is 0.527. The van der Waals surface area contributed by atoms with Crippen LogP contribution in [0.4, 0.5) is 0 Å². The lowest BCUT2D eigenvalue weighted by atomic mass is 9.99. The van der Waals surface area contributed by atoms with Crippen LogP contribution in [0.3, 0.4) is 0 Å². The highest BCUT2D eigenvalue weighted by atomic mass is 28.4. The minimum atomic E-state index is -1.36. The van der Waals surface area contributed by atoms with E-state index in [9.17, 15) is 0 Å². The lowest BCUT2D eigenvalue weighted by molar-refractivity contribution is 0.141. The SMILES string of the molecule is CC1=C(OCCO[Si](C)(C)C)CCCC1. The number of hydrogen-bond acceptors (Lipinski definition) is 2. The van der Waals surface area contributed by atoms with Crippen LogP contribution in [0, 0.1) is 0 Å². The van der Waals surface area contributed by atoms with Crippen molar-refractivity contribution in [3.63, 3.8) is 0 Å². The van der Waals surface area contributed by atoms with E-state index in [0.29, 0.717) is 0 Å². The van der Waals surface area contributed by atoms with Crippen molar-refractivity contribution in [2.24, 2.45) is 0 Å². The van der Waals surface area contributed by atoms with Gasteiger partial charge in [-0.2, -0.15) is 0 Å². The maximum Gasteiger partial charge on any atom is 0.183 e. The van der Waals surface area contributed by atoms with Crippen LogP contribution in [-0.4, -0.2) is 21.5 Å². The molecule has 0 saturated carbocycles. The zero-order chi connectivity index (χ0) is 11.3. The van der Waals surface area contributed by atoms with Crippen LogP contribution < -0.4 is 0 Å². The number of allylic oxidation sites excluding steroid dienone is 2. The smallest absolute Gasteiger partial charge is 0.183 e. The second-order valence-electron chi connectivity index (χ2n) is 5.22. The summed E-state index contributed by atoms with van der Waals surface area (Å²) in [4.78, 5) is 0. The van der Waals surface area contributed by atoms with E-state index in [1.54, 1.807) is 0 Å². The second kappa shape index (κ2) is 5.71. The van der Waals surface area contributed by atoms with E-state index in [2.05, 4.69) is 26.6 Å². The van der Waals surface area contributed by atoms with Gasteiger partial charge in [-0.1, -0.05) is 0 Å². The van der Waals surface area contributed by atoms with Gasteiger partial charge >= 0.3 is 0 Å². The molecular weight excluding hydrogens is 204 g/mol. The van der Waals surface area contributed by atoms with Gasteiger partial charge in [0.2, 0.25) is 0 Å². The predicted octanol–water partition coefficient (Wildman–Crippen LogP) is 3.70. The van der Waals surface area contributed by atoms with Crippen LogP contribution in [0.15, 0.2) is 11.3 Å². The Morgan fingerprint density at radius 1 is 1.07 bits per heavy atom. The third kappa shape index (κ3) is 5.38. The van der Waals surface area contributed by atoms with Crippen molar-refractivity contribution in [1.29, 1.82) is 0 Å². The average molecular weight is 228 g/mol. The van der Waals surface area contributed by atoms with Gasteiger partial charge in [-0.15, -0.1) is 0 Å². The van der Waals surface area contributed by atoms with Gasteiger partial charge in [-0.05, 0) is 51.4 Å². The maximum absolute atomic E-state index is 5.77. The van der Waals surface area contributed by atoms with Gasteiger partial charge in [0, 0.05) is 6.42 Å². The Labute approximate surface area is 94.8 Å².